The van der Waals surface area contributed by atoms with Crippen LogP contribution in [0.4, 0.5) is 0 Å². The second-order valence-corrected chi connectivity index (χ2v) is 6.43. The minimum Gasteiger partial charge on any atom is -0.378 e. The number of carbonyl (C=O) groups is 1. The summed E-state index contributed by atoms with van der Waals surface area (Å²) < 4.78 is 5.29. The molecule has 4 rings (SSSR count). The molecule has 3 aromatic rings. The highest BCUT2D eigenvalue weighted by Crippen LogP contribution is 2.22. The number of hydrogen-bond donors (Lipinski definition) is 1. The summed E-state index contributed by atoms with van der Waals surface area (Å²) in [6.07, 6.45) is 0. The Morgan fingerprint density at radius 2 is 1.65 bits per heavy atom. The number of H-pyrrole nitrogens is 1. The van der Waals surface area contributed by atoms with Gasteiger partial charge in [-0.05, 0) is 36.4 Å². The summed E-state index contributed by atoms with van der Waals surface area (Å²) >= 11 is 5.91. The smallest absolute Gasteiger partial charge is 0.254 e. The van der Waals surface area contributed by atoms with Gasteiger partial charge in [0, 0.05) is 34.8 Å². The lowest BCUT2D eigenvalue weighted by molar-refractivity contribution is 0.0303. The standard InChI is InChI=1S/C19H17ClN4O2/c20-16-7-5-14(6-8-16)18-21-17(22-23-18)13-1-3-15(4-2-13)19(25)24-9-11-26-12-10-24/h1-8H,9-12H2,(H,21,22,23). The molecule has 1 N–H and O–H groups in total. The van der Waals surface area contributed by atoms with Crippen LogP contribution in [-0.2, 0) is 4.74 Å². The van der Waals surface area contributed by atoms with E-state index in [-0.39, 0.29) is 5.91 Å². The number of nitrogens with zero attached hydrogens (tertiary/aromatic N) is 3. The highest BCUT2D eigenvalue weighted by atomic mass is 35.5. The van der Waals surface area contributed by atoms with Crippen molar-refractivity contribution in [1.29, 1.82) is 0 Å². The van der Waals surface area contributed by atoms with Crippen molar-refractivity contribution in [2.75, 3.05) is 26.3 Å². The summed E-state index contributed by atoms with van der Waals surface area (Å²) in [5, 5.41) is 7.88. The molecule has 26 heavy (non-hydrogen) atoms. The molecule has 0 atom stereocenters. The van der Waals surface area contributed by atoms with E-state index in [9.17, 15) is 4.79 Å². The lowest BCUT2D eigenvalue weighted by atomic mass is 10.1. The van der Waals surface area contributed by atoms with Crippen LogP contribution in [0.1, 0.15) is 10.4 Å². The summed E-state index contributed by atoms with van der Waals surface area (Å²) in [4.78, 5) is 18.8. The summed E-state index contributed by atoms with van der Waals surface area (Å²) in [5.41, 5.74) is 2.41. The van der Waals surface area contributed by atoms with Crippen LogP contribution in [0, 0.1) is 0 Å². The quantitative estimate of drug-likeness (QED) is 0.770. The Morgan fingerprint density at radius 1 is 1.00 bits per heavy atom. The molecule has 1 amide bonds. The van der Waals surface area contributed by atoms with E-state index in [4.69, 9.17) is 16.3 Å². The maximum Gasteiger partial charge on any atom is 0.254 e. The first kappa shape index (κ1) is 16.8. The molecule has 0 unspecified atom stereocenters. The van der Waals surface area contributed by atoms with Gasteiger partial charge in [-0.1, -0.05) is 23.7 Å². The fraction of sp³-hybridized carbons (Fsp3) is 0.211. The third kappa shape index (κ3) is 3.47. The maximum absolute atomic E-state index is 12.5. The zero-order valence-electron chi connectivity index (χ0n) is 14.0. The van der Waals surface area contributed by atoms with E-state index >= 15 is 0 Å². The molecular weight excluding hydrogens is 352 g/mol. The molecule has 0 radical (unpaired) electrons. The molecule has 2 aromatic carbocycles. The summed E-state index contributed by atoms with van der Waals surface area (Å²) in [5.74, 6) is 1.28. The largest absolute Gasteiger partial charge is 0.378 e. The number of aromatic amines is 1. The van der Waals surface area contributed by atoms with Gasteiger partial charge < -0.3 is 9.64 Å². The van der Waals surface area contributed by atoms with Crippen molar-refractivity contribution in [2.24, 2.45) is 0 Å². The Kier molecular flexibility index (Phi) is 4.69. The van der Waals surface area contributed by atoms with Gasteiger partial charge in [-0.15, -0.1) is 0 Å². The number of hydrogen-bond acceptors (Lipinski definition) is 4. The molecule has 6 nitrogen and oxygen atoms in total. The monoisotopic (exact) mass is 368 g/mol. The third-order valence-corrected chi connectivity index (χ3v) is 4.54. The van der Waals surface area contributed by atoms with Gasteiger partial charge in [0.1, 0.15) is 0 Å². The van der Waals surface area contributed by atoms with Crippen molar-refractivity contribution in [3.8, 4) is 22.8 Å². The third-order valence-electron chi connectivity index (χ3n) is 4.29. The molecule has 0 aliphatic carbocycles. The number of aromatic nitrogens is 3. The number of rotatable bonds is 3. The normalized spacial score (nSPS) is 14.4. The number of amides is 1. The van der Waals surface area contributed by atoms with Crippen LogP contribution in [0.2, 0.25) is 5.02 Å². The van der Waals surface area contributed by atoms with Crippen molar-refractivity contribution < 1.29 is 9.53 Å². The fourth-order valence-corrected chi connectivity index (χ4v) is 2.96. The van der Waals surface area contributed by atoms with Gasteiger partial charge >= 0.3 is 0 Å². The lowest BCUT2D eigenvalue weighted by Gasteiger charge is -2.26. The Morgan fingerprint density at radius 3 is 2.35 bits per heavy atom. The van der Waals surface area contributed by atoms with E-state index in [2.05, 4.69) is 15.2 Å². The van der Waals surface area contributed by atoms with Gasteiger partial charge in [0.05, 0.1) is 13.2 Å². The van der Waals surface area contributed by atoms with Gasteiger partial charge in [0.25, 0.3) is 5.91 Å². The van der Waals surface area contributed by atoms with Gasteiger partial charge in [-0.25, -0.2) is 4.98 Å². The van der Waals surface area contributed by atoms with E-state index in [0.29, 0.717) is 48.5 Å². The topological polar surface area (TPSA) is 71.1 Å². The van der Waals surface area contributed by atoms with Crippen LogP contribution in [0.25, 0.3) is 22.8 Å². The number of nitrogens with one attached hydrogen (secondary N) is 1. The minimum atomic E-state index is 0.0247. The van der Waals surface area contributed by atoms with E-state index < -0.39 is 0 Å². The van der Waals surface area contributed by atoms with Gasteiger partial charge in [0.2, 0.25) is 0 Å². The number of benzene rings is 2. The van der Waals surface area contributed by atoms with Crippen LogP contribution in [0.5, 0.6) is 0 Å². The van der Waals surface area contributed by atoms with Crippen LogP contribution in [-0.4, -0.2) is 52.3 Å². The van der Waals surface area contributed by atoms with Crippen molar-refractivity contribution in [2.45, 2.75) is 0 Å². The summed E-state index contributed by atoms with van der Waals surface area (Å²) in [7, 11) is 0. The Labute approximate surface area is 155 Å². The maximum atomic E-state index is 12.5. The molecule has 0 saturated carbocycles. The molecular formula is C19H17ClN4O2. The van der Waals surface area contributed by atoms with Crippen molar-refractivity contribution in [3.05, 3.63) is 59.1 Å². The van der Waals surface area contributed by atoms with Crippen LogP contribution in [0.3, 0.4) is 0 Å². The molecule has 1 saturated heterocycles. The highest BCUT2D eigenvalue weighted by molar-refractivity contribution is 6.30. The second kappa shape index (κ2) is 7.27. The highest BCUT2D eigenvalue weighted by Gasteiger charge is 2.18. The first-order valence-corrected chi connectivity index (χ1v) is 8.74. The lowest BCUT2D eigenvalue weighted by Crippen LogP contribution is -2.40. The van der Waals surface area contributed by atoms with Crippen LogP contribution >= 0.6 is 11.6 Å². The number of carbonyl (C=O) groups excluding carboxylic acids is 1. The van der Waals surface area contributed by atoms with Crippen molar-refractivity contribution in [1.82, 2.24) is 20.1 Å². The fourth-order valence-electron chi connectivity index (χ4n) is 2.84. The van der Waals surface area contributed by atoms with Crippen molar-refractivity contribution >= 4 is 17.5 Å². The molecule has 132 valence electrons. The first-order valence-electron chi connectivity index (χ1n) is 8.36. The minimum absolute atomic E-state index is 0.0247. The summed E-state index contributed by atoms with van der Waals surface area (Å²) in [6, 6.07) is 14.7. The number of halogens is 1. The van der Waals surface area contributed by atoms with E-state index in [1.165, 1.54) is 0 Å². The van der Waals surface area contributed by atoms with E-state index in [1.807, 2.05) is 53.4 Å². The van der Waals surface area contributed by atoms with E-state index in [0.717, 1.165) is 11.1 Å². The zero-order valence-corrected chi connectivity index (χ0v) is 14.7. The summed E-state index contributed by atoms with van der Waals surface area (Å²) in [6.45, 7) is 2.45. The molecule has 2 heterocycles. The number of ether oxygens (including phenoxy) is 1. The van der Waals surface area contributed by atoms with Crippen molar-refractivity contribution in [3.63, 3.8) is 0 Å². The van der Waals surface area contributed by atoms with Gasteiger partial charge in [-0.2, -0.15) is 5.10 Å². The zero-order chi connectivity index (χ0) is 17.9. The predicted molar refractivity (Wildman–Crippen MR) is 99.0 cm³/mol. The second-order valence-electron chi connectivity index (χ2n) is 6.00. The average Bonchev–Trinajstić information content (AvgIpc) is 3.19. The molecule has 1 aromatic heterocycles. The molecule has 7 heteroatoms. The molecule has 0 bridgehead atoms. The molecule has 1 aliphatic heterocycles. The van der Waals surface area contributed by atoms with Crippen LogP contribution < -0.4 is 0 Å². The average molecular weight is 369 g/mol. The SMILES string of the molecule is O=C(c1ccc(-c2n[nH]c(-c3ccc(Cl)cc3)n2)cc1)N1CCOCC1. The van der Waals surface area contributed by atoms with Gasteiger partial charge in [-0.3, -0.25) is 9.89 Å². The Bertz CT molecular complexity index is 900. The Balaban J connectivity index is 1.52. The molecule has 1 aliphatic rings. The first-order chi connectivity index (χ1) is 12.7. The van der Waals surface area contributed by atoms with Gasteiger partial charge in [0.15, 0.2) is 11.6 Å². The van der Waals surface area contributed by atoms with E-state index in [1.54, 1.807) is 0 Å². The Hall–Kier alpha value is -2.70. The number of morpholine rings is 1. The van der Waals surface area contributed by atoms with Crippen LogP contribution in [0.15, 0.2) is 48.5 Å². The molecule has 0 spiro atoms. The predicted octanol–water partition coefficient (Wildman–Crippen LogP) is 3.26. The molecule has 1 fully saturated rings.